The molecule has 0 aliphatic carbocycles. The lowest BCUT2D eigenvalue weighted by atomic mass is 10.1. The number of alkyl halides is 3. The van der Waals surface area contributed by atoms with E-state index in [9.17, 15) is 74.6 Å². The first-order valence-electron chi connectivity index (χ1n) is 18.1. The standard InChI is InChI=1S/C41H16BF23O3S/c43-20-16(21(44)29(52)36(59)28(20)51)10-66-42(67-11-17-22(45)30(53)37(60)31(54)23(17)46)68-40(19-26(49)34(57)39(62)35(58)27(19)50)69(14-4-2-1-3-5-14,15-8-6-13(7-9-15)41(63,64)65)12-18-24(47)32(55)38(61)33(56)25(18)48/h1-9,40H,10-12H2. The zero-order valence-corrected chi connectivity index (χ0v) is 33.6. The van der Waals surface area contributed by atoms with Crippen LogP contribution in [0.3, 0.4) is 0 Å². The Morgan fingerprint density at radius 1 is 0.377 bits per heavy atom. The van der Waals surface area contributed by atoms with Crippen LogP contribution in [-0.2, 0) is 39.1 Å². The molecule has 0 bridgehead atoms. The molecule has 0 heterocycles. The summed E-state index contributed by atoms with van der Waals surface area (Å²) in [6.45, 7) is -4.44. The predicted octanol–water partition coefficient (Wildman–Crippen LogP) is 14.0. The molecule has 2 atom stereocenters. The van der Waals surface area contributed by atoms with Crippen LogP contribution in [-0.4, -0.2) is 7.32 Å². The fourth-order valence-corrected chi connectivity index (χ4v) is 10.6. The molecule has 0 N–H and O–H groups in total. The molecular formula is C41H16BF23O3S. The van der Waals surface area contributed by atoms with E-state index in [1.54, 1.807) is 0 Å². The first-order chi connectivity index (χ1) is 32.2. The molecule has 0 aliphatic rings. The maximum atomic E-state index is 16.4. The maximum absolute atomic E-state index is 16.4. The molecule has 0 aliphatic heterocycles. The van der Waals surface area contributed by atoms with E-state index in [2.05, 4.69) is 0 Å². The Morgan fingerprint density at radius 2 is 0.681 bits per heavy atom. The maximum Gasteiger partial charge on any atom is 0.641 e. The SMILES string of the molecule is Fc1c(F)c(F)c(COB(OCc2c(F)c(F)c(F)c(F)c2F)OC(c2c(F)c(F)c(F)c(F)c2F)S(Cc2c(F)c(F)c(F)c(F)c2F)(c2ccccc2)c2ccc(C(F)(F)F)cc2)c(F)c1F. The van der Waals surface area contributed by atoms with Gasteiger partial charge in [0.05, 0.1) is 35.5 Å². The highest BCUT2D eigenvalue weighted by atomic mass is 32.3. The van der Waals surface area contributed by atoms with E-state index in [4.69, 9.17) is 14.0 Å². The lowest BCUT2D eigenvalue weighted by Crippen LogP contribution is -2.34. The van der Waals surface area contributed by atoms with Crippen LogP contribution in [0.1, 0.15) is 33.3 Å². The van der Waals surface area contributed by atoms with E-state index >= 15 is 26.3 Å². The highest BCUT2D eigenvalue weighted by Gasteiger charge is 2.49. The van der Waals surface area contributed by atoms with Crippen LogP contribution >= 0.6 is 10.0 Å². The molecule has 0 amide bonds. The van der Waals surface area contributed by atoms with Crippen molar-refractivity contribution in [2.24, 2.45) is 0 Å². The molecule has 0 saturated heterocycles. The third-order valence-corrected chi connectivity index (χ3v) is 13.9. The molecule has 6 aromatic carbocycles. The van der Waals surface area contributed by atoms with E-state index in [0.29, 0.717) is 12.1 Å². The van der Waals surface area contributed by atoms with Crippen molar-refractivity contribution in [3.8, 4) is 0 Å². The molecule has 0 spiro atoms. The van der Waals surface area contributed by atoms with Crippen LogP contribution in [0.5, 0.6) is 0 Å². The van der Waals surface area contributed by atoms with Gasteiger partial charge >= 0.3 is 13.5 Å². The summed E-state index contributed by atoms with van der Waals surface area (Å²) in [7, 11) is -8.75. The summed E-state index contributed by atoms with van der Waals surface area (Å²) in [6.07, 6.45) is -5.32. The monoisotopic (exact) mass is 1040 g/mol. The van der Waals surface area contributed by atoms with E-state index in [1.807, 2.05) is 0 Å². The first-order valence-corrected chi connectivity index (χ1v) is 20.0. The molecule has 368 valence electrons. The molecule has 0 saturated carbocycles. The topological polar surface area (TPSA) is 27.7 Å². The zero-order chi connectivity index (χ0) is 51.3. The Morgan fingerprint density at radius 3 is 1.03 bits per heavy atom. The third-order valence-electron chi connectivity index (χ3n) is 9.85. The molecule has 28 heteroatoms. The van der Waals surface area contributed by atoms with Crippen LogP contribution in [0.4, 0.5) is 101 Å². The average Bonchev–Trinajstić information content (AvgIpc) is 3.33. The fourth-order valence-electron chi connectivity index (χ4n) is 6.46. The van der Waals surface area contributed by atoms with Crippen LogP contribution in [0.25, 0.3) is 0 Å². The Labute approximate surface area is 371 Å². The van der Waals surface area contributed by atoms with Gasteiger partial charge in [-0.15, -0.1) is 0 Å². The normalized spacial score (nSPS) is 13.7. The number of hydrogen-bond donors (Lipinski definition) is 0. The summed E-state index contributed by atoms with van der Waals surface area (Å²) < 4.78 is 355. The van der Waals surface area contributed by atoms with Gasteiger partial charge < -0.3 is 14.0 Å². The van der Waals surface area contributed by atoms with Crippen molar-refractivity contribution in [2.75, 3.05) is 0 Å². The summed E-state index contributed by atoms with van der Waals surface area (Å²) in [5.74, 6) is -59.0. The lowest BCUT2D eigenvalue weighted by Gasteiger charge is -2.48. The summed E-state index contributed by atoms with van der Waals surface area (Å²) in [5, 5.41) is 0. The molecule has 0 fully saturated rings. The van der Waals surface area contributed by atoms with E-state index in [-0.39, 0.29) is 24.3 Å². The summed E-state index contributed by atoms with van der Waals surface area (Å²) >= 11 is 0. The van der Waals surface area contributed by atoms with Crippen molar-refractivity contribution in [1.82, 2.24) is 0 Å². The number of benzene rings is 6. The highest BCUT2D eigenvalue weighted by Crippen LogP contribution is 2.74. The van der Waals surface area contributed by atoms with E-state index in [1.165, 1.54) is 0 Å². The molecule has 2 unspecified atom stereocenters. The van der Waals surface area contributed by atoms with Crippen molar-refractivity contribution in [2.45, 2.75) is 40.4 Å². The summed E-state index contributed by atoms with van der Waals surface area (Å²) in [5.41, 5.74) is -14.0. The second kappa shape index (κ2) is 19.8. The summed E-state index contributed by atoms with van der Waals surface area (Å²) in [6, 6.07) is 4.91. The number of rotatable bonds is 14. The van der Waals surface area contributed by atoms with E-state index < -0.39 is 202 Å². The van der Waals surface area contributed by atoms with Crippen LogP contribution in [0.2, 0.25) is 0 Å². The van der Waals surface area contributed by atoms with Gasteiger partial charge in [-0.25, -0.2) is 87.8 Å². The van der Waals surface area contributed by atoms with Gasteiger partial charge in [0.1, 0.15) is 5.44 Å². The average molecular weight is 1040 g/mol. The van der Waals surface area contributed by atoms with Crippen LogP contribution in [0.15, 0.2) is 64.4 Å². The van der Waals surface area contributed by atoms with Crippen molar-refractivity contribution in [1.29, 1.82) is 0 Å². The minimum Gasteiger partial charge on any atom is -0.381 e. The number of hydrogen-bond acceptors (Lipinski definition) is 3. The van der Waals surface area contributed by atoms with Crippen molar-refractivity contribution in [3.05, 3.63) is 199 Å². The summed E-state index contributed by atoms with van der Waals surface area (Å²) in [4.78, 5) is -1.96. The van der Waals surface area contributed by atoms with Gasteiger partial charge in [-0.3, -0.25) is 0 Å². The molecule has 0 radical (unpaired) electrons. The zero-order valence-electron chi connectivity index (χ0n) is 32.8. The van der Waals surface area contributed by atoms with E-state index in [0.717, 1.165) is 18.2 Å². The van der Waals surface area contributed by atoms with Crippen LogP contribution < -0.4 is 0 Å². The van der Waals surface area contributed by atoms with Gasteiger partial charge in [0.2, 0.25) is 23.3 Å². The minimum atomic E-state index is -5.32. The molecule has 6 rings (SSSR count). The van der Waals surface area contributed by atoms with Gasteiger partial charge in [-0.2, -0.15) is 23.2 Å². The second-order valence-corrected chi connectivity index (χ2v) is 17.0. The molecule has 6 aromatic rings. The quantitative estimate of drug-likeness (QED) is 0.0471. The Balaban J connectivity index is 1.75. The largest absolute Gasteiger partial charge is 0.641 e. The highest BCUT2D eigenvalue weighted by molar-refractivity contribution is 8.33. The first kappa shape index (κ1) is 52.4. The smallest absolute Gasteiger partial charge is 0.381 e. The van der Waals surface area contributed by atoms with Gasteiger partial charge in [0, 0.05) is 11.3 Å². The van der Waals surface area contributed by atoms with Crippen molar-refractivity contribution >= 4 is 17.3 Å². The molecule has 0 aromatic heterocycles. The predicted molar refractivity (Wildman–Crippen MR) is 190 cm³/mol. The lowest BCUT2D eigenvalue weighted by molar-refractivity contribution is -0.137. The van der Waals surface area contributed by atoms with Gasteiger partial charge in [0.25, 0.3) is 0 Å². The molecule has 69 heavy (non-hydrogen) atoms. The van der Waals surface area contributed by atoms with Crippen LogP contribution in [0, 0.1) is 116 Å². The van der Waals surface area contributed by atoms with Crippen molar-refractivity contribution < 1.29 is 115 Å². The number of halogens is 23. The van der Waals surface area contributed by atoms with Gasteiger partial charge in [-0.1, -0.05) is 18.2 Å². The third kappa shape index (κ3) is 9.29. The Hall–Kier alpha value is -6.00. The fraction of sp³-hybridized carbons (Fsp3) is 0.122. The molecular weight excluding hydrogens is 1020 g/mol. The molecule has 3 nitrogen and oxygen atoms in total. The van der Waals surface area contributed by atoms with Gasteiger partial charge in [0.15, 0.2) is 93.1 Å². The second-order valence-electron chi connectivity index (χ2n) is 13.8. The Kier molecular flexibility index (Phi) is 15.0. The van der Waals surface area contributed by atoms with Gasteiger partial charge in [-0.05, 0) is 46.2 Å². The van der Waals surface area contributed by atoms with Crippen molar-refractivity contribution in [3.63, 3.8) is 0 Å². The minimum absolute atomic E-state index is 0.0883. The Bertz CT molecular complexity index is 2790.